The van der Waals surface area contributed by atoms with Gasteiger partial charge in [0.05, 0.1) is 5.57 Å². The summed E-state index contributed by atoms with van der Waals surface area (Å²) in [7, 11) is 0. The second kappa shape index (κ2) is 9.52. The summed E-state index contributed by atoms with van der Waals surface area (Å²) >= 11 is 0. The molecular formula is C23H19F3N2O4. The minimum atomic E-state index is -4.58. The molecule has 0 saturated heterocycles. The van der Waals surface area contributed by atoms with Crippen LogP contribution < -0.4 is 15.8 Å². The van der Waals surface area contributed by atoms with E-state index in [0.717, 1.165) is 0 Å². The van der Waals surface area contributed by atoms with Crippen molar-refractivity contribution in [2.75, 3.05) is 0 Å². The molecule has 1 amide bonds. The molecule has 0 radical (unpaired) electrons. The van der Waals surface area contributed by atoms with Crippen LogP contribution in [0.4, 0.5) is 13.2 Å². The molecule has 1 unspecified atom stereocenters. The third-order valence-corrected chi connectivity index (χ3v) is 4.51. The summed E-state index contributed by atoms with van der Waals surface area (Å²) in [6.07, 6.45) is -1.12. The average molecular weight is 444 g/mol. The van der Waals surface area contributed by atoms with Gasteiger partial charge in [0.2, 0.25) is 0 Å². The smallest absolute Gasteiger partial charge is 0.416 e. The van der Waals surface area contributed by atoms with E-state index in [-0.39, 0.29) is 29.2 Å². The first-order valence-corrected chi connectivity index (χ1v) is 9.47. The van der Waals surface area contributed by atoms with Crippen molar-refractivity contribution in [2.24, 2.45) is 5.73 Å². The van der Waals surface area contributed by atoms with Crippen molar-refractivity contribution in [3.63, 3.8) is 0 Å². The van der Waals surface area contributed by atoms with E-state index in [1.807, 2.05) is 0 Å². The van der Waals surface area contributed by atoms with Crippen molar-refractivity contribution in [1.82, 2.24) is 5.32 Å². The van der Waals surface area contributed by atoms with Crippen molar-refractivity contribution < 1.29 is 32.6 Å². The van der Waals surface area contributed by atoms with Gasteiger partial charge in [0.1, 0.15) is 17.2 Å². The summed E-state index contributed by atoms with van der Waals surface area (Å²) in [6, 6.07) is 13.1. The summed E-state index contributed by atoms with van der Waals surface area (Å²) < 4.78 is 45.1. The van der Waals surface area contributed by atoms with Gasteiger partial charge in [-0.05, 0) is 48.4 Å². The molecule has 1 atom stereocenters. The zero-order valence-corrected chi connectivity index (χ0v) is 16.6. The maximum atomic E-state index is 13.3. The van der Waals surface area contributed by atoms with Gasteiger partial charge in [-0.15, -0.1) is 0 Å². The summed E-state index contributed by atoms with van der Waals surface area (Å²) in [4.78, 5) is 23.7. The van der Waals surface area contributed by atoms with Crippen LogP contribution in [0.5, 0.6) is 5.75 Å². The number of hydrogen-bond acceptors (Lipinski definition) is 4. The van der Waals surface area contributed by atoms with Gasteiger partial charge < -0.3 is 20.9 Å². The monoisotopic (exact) mass is 444 g/mol. The lowest BCUT2D eigenvalue weighted by Crippen LogP contribution is -2.28. The van der Waals surface area contributed by atoms with Crippen LogP contribution in [0.1, 0.15) is 22.3 Å². The van der Waals surface area contributed by atoms with E-state index >= 15 is 0 Å². The van der Waals surface area contributed by atoms with Gasteiger partial charge in [0.25, 0.3) is 5.91 Å². The number of nitrogens with one attached hydrogen (secondary N) is 1. The van der Waals surface area contributed by atoms with E-state index in [2.05, 4.69) is 5.32 Å². The van der Waals surface area contributed by atoms with Crippen LogP contribution in [0.3, 0.4) is 0 Å². The van der Waals surface area contributed by atoms with Gasteiger partial charge in [-0.1, -0.05) is 36.4 Å². The highest BCUT2D eigenvalue weighted by molar-refractivity contribution is 6.02. The number of benzene rings is 2. The van der Waals surface area contributed by atoms with Crippen molar-refractivity contribution in [2.45, 2.75) is 18.6 Å². The largest absolute Gasteiger partial charge is 0.477 e. The normalized spacial score (nSPS) is 16.6. The fourth-order valence-corrected chi connectivity index (χ4v) is 2.93. The standard InChI is InChI=1S/C23H19F3N2O4/c24-23(25,26)18-13-16(27)8-11-20(18)32-17-9-6-14(7-10-17)12-19(22(30)31)28-21(29)15-4-2-1-3-5-15/h1-12,16H,13,27H2,(H,28,29)(H,30,31)/b19-12+. The molecule has 0 saturated carbocycles. The van der Waals surface area contributed by atoms with Gasteiger partial charge in [-0.3, -0.25) is 4.79 Å². The highest BCUT2D eigenvalue weighted by Gasteiger charge is 2.38. The Kier molecular flexibility index (Phi) is 6.79. The molecular weight excluding hydrogens is 425 g/mol. The van der Waals surface area contributed by atoms with Gasteiger partial charge in [-0.2, -0.15) is 13.2 Å². The van der Waals surface area contributed by atoms with E-state index in [1.54, 1.807) is 18.2 Å². The topological polar surface area (TPSA) is 102 Å². The molecule has 0 spiro atoms. The van der Waals surface area contributed by atoms with Gasteiger partial charge in [-0.25, -0.2) is 4.79 Å². The summed E-state index contributed by atoms with van der Waals surface area (Å²) in [5, 5.41) is 11.7. The Labute approximate surface area is 181 Å². The SMILES string of the molecule is NC1C=CC(Oc2ccc(/C=C(/NC(=O)c3ccccc3)C(=O)O)cc2)=C(C(F)(F)F)C1. The molecule has 0 fully saturated rings. The zero-order valence-electron chi connectivity index (χ0n) is 16.6. The molecule has 2 aromatic carbocycles. The molecule has 0 aliphatic heterocycles. The Morgan fingerprint density at radius 2 is 1.75 bits per heavy atom. The molecule has 0 heterocycles. The number of hydrogen-bond donors (Lipinski definition) is 3. The lowest BCUT2D eigenvalue weighted by atomic mass is 9.99. The number of ether oxygens (including phenoxy) is 1. The van der Waals surface area contributed by atoms with E-state index in [9.17, 15) is 27.9 Å². The van der Waals surface area contributed by atoms with E-state index in [1.165, 1.54) is 54.6 Å². The highest BCUT2D eigenvalue weighted by Crippen LogP contribution is 2.35. The Bertz CT molecular complexity index is 1090. The van der Waals surface area contributed by atoms with Crippen LogP contribution >= 0.6 is 0 Å². The molecule has 0 aromatic heterocycles. The second-order valence-corrected chi connectivity index (χ2v) is 6.92. The minimum Gasteiger partial charge on any atom is -0.477 e. The number of allylic oxidation sites excluding steroid dienone is 1. The fraction of sp³-hybridized carbons (Fsp3) is 0.130. The number of halogens is 3. The van der Waals surface area contributed by atoms with Crippen LogP contribution in [0, 0.1) is 0 Å². The predicted octanol–water partition coefficient (Wildman–Crippen LogP) is 4.02. The second-order valence-electron chi connectivity index (χ2n) is 6.92. The van der Waals surface area contributed by atoms with Crippen molar-refractivity contribution in [3.05, 3.63) is 94.9 Å². The summed E-state index contributed by atoms with van der Waals surface area (Å²) in [5.41, 5.74) is 5.05. The summed E-state index contributed by atoms with van der Waals surface area (Å²) in [5.74, 6) is -2.15. The molecule has 32 heavy (non-hydrogen) atoms. The Hall–Kier alpha value is -3.85. The molecule has 9 heteroatoms. The predicted molar refractivity (Wildman–Crippen MR) is 111 cm³/mol. The van der Waals surface area contributed by atoms with Crippen LogP contribution in [0.2, 0.25) is 0 Å². The number of amides is 1. The number of nitrogens with two attached hydrogens (primary N) is 1. The molecule has 1 aliphatic rings. The minimum absolute atomic E-state index is 0.129. The molecule has 4 N–H and O–H groups in total. The van der Waals surface area contributed by atoms with Gasteiger partial charge in [0, 0.05) is 11.6 Å². The Morgan fingerprint density at radius 3 is 2.34 bits per heavy atom. The number of rotatable bonds is 6. The third-order valence-electron chi connectivity index (χ3n) is 4.51. The Balaban J connectivity index is 1.78. The molecule has 6 nitrogen and oxygen atoms in total. The number of carbonyl (C=O) groups is 2. The molecule has 1 aliphatic carbocycles. The zero-order chi connectivity index (χ0) is 23.3. The summed E-state index contributed by atoms with van der Waals surface area (Å²) in [6.45, 7) is 0. The highest BCUT2D eigenvalue weighted by atomic mass is 19.4. The molecule has 166 valence electrons. The number of alkyl halides is 3. The number of carboxylic acid groups (broad SMARTS) is 1. The fourth-order valence-electron chi connectivity index (χ4n) is 2.93. The Morgan fingerprint density at radius 1 is 1.09 bits per heavy atom. The first-order valence-electron chi connectivity index (χ1n) is 9.47. The van der Waals surface area contributed by atoms with Crippen molar-refractivity contribution in [3.8, 4) is 5.75 Å². The van der Waals surface area contributed by atoms with Crippen LogP contribution in [0.25, 0.3) is 6.08 Å². The maximum Gasteiger partial charge on any atom is 0.416 e. The van der Waals surface area contributed by atoms with E-state index in [0.29, 0.717) is 5.56 Å². The lowest BCUT2D eigenvalue weighted by Gasteiger charge is -2.22. The average Bonchev–Trinajstić information content (AvgIpc) is 2.75. The van der Waals surface area contributed by atoms with E-state index < -0.39 is 29.7 Å². The van der Waals surface area contributed by atoms with E-state index in [4.69, 9.17) is 10.5 Å². The number of aliphatic carboxylic acids is 1. The van der Waals surface area contributed by atoms with Gasteiger partial charge >= 0.3 is 12.1 Å². The quantitative estimate of drug-likeness (QED) is 0.584. The molecule has 3 rings (SSSR count). The van der Waals surface area contributed by atoms with Crippen LogP contribution in [0.15, 0.2) is 83.8 Å². The van der Waals surface area contributed by atoms with Crippen molar-refractivity contribution in [1.29, 1.82) is 0 Å². The number of carboxylic acids is 1. The van der Waals surface area contributed by atoms with Crippen molar-refractivity contribution >= 4 is 18.0 Å². The third kappa shape index (κ3) is 5.86. The maximum absolute atomic E-state index is 13.3. The molecule has 0 bridgehead atoms. The first-order chi connectivity index (χ1) is 15.1. The van der Waals surface area contributed by atoms with Crippen LogP contribution in [-0.4, -0.2) is 29.2 Å². The number of carbonyl (C=O) groups excluding carboxylic acids is 1. The van der Waals surface area contributed by atoms with Crippen LogP contribution in [-0.2, 0) is 4.79 Å². The van der Waals surface area contributed by atoms with Gasteiger partial charge in [0.15, 0.2) is 0 Å². The lowest BCUT2D eigenvalue weighted by molar-refractivity contribution is -0.132. The first kappa shape index (κ1) is 22.8. The molecule has 2 aromatic rings.